The van der Waals surface area contributed by atoms with Crippen LogP contribution in [0.1, 0.15) is 64.5 Å². The van der Waals surface area contributed by atoms with E-state index in [4.69, 9.17) is 0 Å². The number of allylic oxidation sites excluding steroid dienone is 8. The minimum absolute atomic E-state index is 0. The Labute approximate surface area is 342 Å². The Morgan fingerprint density at radius 3 is 1.87 bits per heavy atom. The van der Waals surface area contributed by atoms with Gasteiger partial charge < -0.3 is 4.90 Å². The molecule has 0 amide bonds. The van der Waals surface area contributed by atoms with Crippen LogP contribution in [0.4, 0.5) is 11.4 Å². The van der Waals surface area contributed by atoms with Gasteiger partial charge in [-0.3, -0.25) is 9.11 Å². The van der Waals surface area contributed by atoms with Gasteiger partial charge in [-0.2, -0.15) is 21.4 Å². The fourth-order valence-corrected chi connectivity index (χ4v) is 9.09. The molecule has 6 rings (SSSR count). The van der Waals surface area contributed by atoms with Gasteiger partial charge in [0, 0.05) is 41.1 Å². The molecular weight excluding hydrogens is 728 g/mol. The third kappa shape index (κ3) is 9.02. The first-order valence-corrected chi connectivity index (χ1v) is 21.4. The summed E-state index contributed by atoms with van der Waals surface area (Å²) in [6.07, 6.45) is 16.3. The smallest absolute Gasteiger partial charge is 0.343 e. The van der Waals surface area contributed by atoms with Crippen molar-refractivity contribution in [2.45, 2.75) is 64.2 Å². The van der Waals surface area contributed by atoms with Gasteiger partial charge in [-0.25, -0.2) is 0 Å². The fourth-order valence-electron chi connectivity index (χ4n) is 7.95. The van der Waals surface area contributed by atoms with E-state index in [1.807, 2.05) is 54.6 Å². The SMILES string of the molecule is CC1(C)C(/C=C/C=C/C=C/C=C2/N(CCCCS(=O)(=O)O)c3c(ccc4ccccc34)C2(C)C)=[N+](CCCCS(=O)(=O)O)c2c1ccc1ccccc21.[Na+]. The summed E-state index contributed by atoms with van der Waals surface area (Å²) < 4.78 is 66.5. The summed E-state index contributed by atoms with van der Waals surface area (Å²) in [5.41, 5.74) is 6.39. The fraction of sp³-hybridized carbons (Fsp3) is 0.326. The van der Waals surface area contributed by atoms with E-state index in [0.717, 1.165) is 44.3 Å². The van der Waals surface area contributed by atoms with Crippen molar-refractivity contribution in [1.29, 1.82) is 0 Å². The third-order valence-corrected chi connectivity index (χ3v) is 12.2. The van der Waals surface area contributed by atoms with Gasteiger partial charge in [0.15, 0.2) is 5.71 Å². The zero-order valence-electron chi connectivity index (χ0n) is 31.9. The molecule has 0 bridgehead atoms. The number of nitrogens with zero attached hydrogens (tertiary/aromatic N) is 2. The molecule has 0 saturated heterocycles. The van der Waals surface area contributed by atoms with Crippen molar-refractivity contribution in [1.82, 2.24) is 0 Å². The van der Waals surface area contributed by atoms with Gasteiger partial charge >= 0.3 is 29.6 Å². The quantitative estimate of drug-likeness (QED) is 0.0527. The average molecular weight is 777 g/mol. The summed E-state index contributed by atoms with van der Waals surface area (Å²) in [5.74, 6) is -0.511. The minimum atomic E-state index is -4.02. The monoisotopic (exact) mass is 776 g/mol. The van der Waals surface area contributed by atoms with Crippen LogP contribution in [0.25, 0.3) is 21.5 Å². The van der Waals surface area contributed by atoms with Crippen LogP contribution in [0.2, 0.25) is 0 Å². The van der Waals surface area contributed by atoms with Gasteiger partial charge in [-0.1, -0.05) is 111 Å². The number of anilines is 1. The Morgan fingerprint density at radius 1 is 0.648 bits per heavy atom. The summed E-state index contributed by atoms with van der Waals surface area (Å²) in [7, 11) is -8.03. The number of hydrogen-bond acceptors (Lipinski definition) is 5. The first-order valence-electron chi connectivity index (χ1n) is 18.2. The van der Waals surface area contributed by atoms with E-state index in [-0.39, 0.29) is 51.9 Å². The Kier molecular flexibility index (Phi) is 13.0. The molecule has 2 aliphatic heterocycles. The molecule has 2 aliphatic rings. The molecule has 0 radical (unpaired) electrons. The maximum Gasteiger partial charge on any atom is 1.00 e. The van der Waals surface area contributed by atoms with E-state index in [1.54, 1.807) is 0 Å². The second-order valence-electron chi connectivity index (χ2n) is 15.0. The first kappa shape index (κ1) is 41.8. The predicted molar refractivity (Wildman–Crippen MR) is 218 cm³/mol. The normalized spacial score (nSPS) is 17.4. The van der Waals surface area contributed by atoms with E-state index in [9.17, 15) is 25.9 Å². The van der Waals surface area contributed by atoms with Crippen LogP contribution in [0.3, 0.4) is 0 Å². The van der Waals surface area contributed by atoms with Crippen LogP contribution in [0, 0.1) is 0 Å². The van der Waals surface area contributed by atoms with Crippen molar-refractivity contribution in [3.05, 3.63) is 132 Å². The summed E-state index contributed by atoms with van der Waals surface area (Å²) >= 11 is 0. The van der Waals surface area contributed by atoms with Crippen LogP contribution in [-0.2, 0) is 31.1 Å². The van der Waals surface area contributed by atoms with Crippen molar-refractivity contribution in [3.8, 4) is 0 Å². The van der Waals surface area contributed by atoms with Crippen LogP contribution < -0.4 is 34.5 Å². The van der Waals surface area contributed by atoms with Crippen LogP contribution in [0.5, 0.6) is 0 Å². The van der Waals surface area contributed by atoms with E-state index in [2.05, 4.69) is 97.9 Å². The number of unbranched alkanes of at least 4 members (excludes halogenated alkanes) is 2. The van der Waals surface area contributed by atoms with Gasteiger partial charge in [0.05, 0.1) is 28.0 Å². The zero-order valence-corrected chi connectivity index (χ0v) is 35.5. The molecule has 11 heteroatoms. The zero-order chi connectivity index (χ0) is 38.0. The molecular formula is C43H49N2NaO6S2+2. The van der Waals surface area contributed by atoms with Crippen LogP contribution in [-0.4, -0.2) is 60.8 Å². The van der Waals surface area contributed by atoms with E-state index < -0.39 is 20.2 Å². The molecule has 0 aromatic heterocycles. The topological polar surface area (TPSA) is 115 Å². The molecule has 2 heterocycles. The van der Waals surface area contributed by atoms with Gasteiger partial charge in [0.1, 0.15) is 6.54 Å². The summed E-state index contributed by atoms with van der Waals surface area (Å²) in [4.78, 5) is 2.31. The van der Waals surface area contributed by atoms with Gasteiger partial charge in [0.2, 0.25) is 5.69 Å². The van der Waals surface area contributed by atoms with Gasteiger partial charge in [0.25, 0.3) is 20.2 Å². The van der Waals surface area contributed by atoms with Crippen molar-refractivity contribution in [3.63, 3.8) is 0 Å². The molecule has 0 saturated carbocycles. The number of benzene rings is 4. The number of fused-ring (bicyclic) bond motifs is 6. The van der Waals surface area contributed by atoms with Crippen molar-refractivity contribution in [2.75, 3.05) is 29.5 Å². The Balaban J connectivity index is 0.00000561. The predicted octanol–water partition coefficient (Wildman–Crippen LogP) is 6.06. The average Bonchev–Trinajstić information content (AvgIpc) is 3.45. The van der Waals surface area contributed by atoms with E-state index in [1.165, 1.54) is 11.1 Å². The molecule has 4 aromatic rings. The third-order valence-electron chi connectivity index (χ3n) is 10.6. The maximum atomic E-state index is 11.4. The largest absolute Gasteiger partial charge is 1.00 e. The molecule has 8 nitrogen and oxygen atoms in total. The molecule has 2 N–H and O–H groups in total. The summed E-state index contributed by atoms with van der Waals surface area (Å²) in [6.45, 7) is 10.1. The van der Waals surface area contributed by atoms with Crippen molar-refractivity contribution >= 4 is 58.9 Å². The second kappa shape index (κ2) is 16.8. The first-order chi connectivity index (χ1) is 25.1. The Bertz CT molecular complexity index is 2430. The molecule has 0 unspecified atom stereocenters. The molecule has 54 heavy (non-hydrogen) atoms. The Hall–Kier alpha value is -3.35. The molecule has 0 aliphatic carbocycles. The molecule has 4 aromatic carbocycles. The van der Waals surface area contributed by atoms with Crippen LogP contribution >= 0.6 is 0 Å². The maximum absolute atomic E-state index is 11.4. The number of hydrogen-bond donors (Lipinski definition) is 2. The van der Waals surface area contributed by atoms with Gasteiger partial charge in [-0.05, 0) is 61.6 Å². The van der Waals surface area contributed by atoms with Crippen LogP contribution in [0.15, 0.2) is 121 Å². The molecule has 0 spiro atoms. The van der Waals surface area contributed by atoms with Crippen molar-refractivity contribution < 1.29 is 60.1 Å². The molecule has 0 fully saturated rings. The molecule has 278 valence electrons. The minimum Gasteiger partial charge on any atom is -0.343 e. The van der Waals surface area contributed by atoms with Crippen molar-refractivity contribution in [2.24, 2.45) is 0 Å². The summed E-state index contributed by atoms with van der Waals surface area (Å²) in [6, 6.07) is 25.3. The standard InChI is InChI=1S/C43H48N2O6S2.Na/c1-42(2)36-26-24-32-18-10-12-20-34(32)40(36)44(28-14-16-30-52(46,47)48)38(42)22-8-6-5-7-9-23-39-43(3,4)37-27-25-33-19-11-13-21-35(33)41(37)45(39)29-15-17-31-53(49,50)51;/h5-13,18-27H,14-17,28-31H2,1-4H3,(H-,46,47,48,49,50,51);/q;+1/p+1. The van der Waals surface area contributed by atoms with E-state index >= 15 is 0 Å². The van der Waals surface area contributed by atoms with E-state index in [0.29, 0.717) is 38.8 Å². The number of rotatable bonds is 14. The Morgan fingerprint density at radius 2 is 1.20 bits per heavy atom. The summed E-state index contributed by atoms with van der Waals surface area (Å²) in [5, 5.41) is 4.60. The molecule has 0 atom stereocenters. The second-order valence-corrected chi connectivity index (χ2v) is 18.1. The van der Waals surface area contributed by atoms with Gasteiger partial charge in [-0.15, -0.1) is 0 Å².